The van der Waals surface area contributed by atoms with Crippen molar-refractivity contribution < 1.29 is 4.79 Å². The minimum absolute atomic E-state index is 0.231. The smallest absolute Gasteiger partial charge is 0.141 e. The highest BCUT2D eigenvalue weighted by molar-refractivity contribution is 5.83. The van der Waals surface area contributed by atoms with Gasteiger partial charge in [0.25, 0.3) is 0 Å². The van der Waals surface area contributed by atoms with Gasteiger partial charge in [-0.3, -0.25) is 4.79 Å². The van der Waals surface area contributed by atoms with Crippen LogP contribution in [0.25, 0.3) is 0 Å². The summed E-state index contributed by atoms with van der Waals surface area (Å²) in [7, 11) is 0. The fraction of sp³-hybridized carbons (Fsp3) is 0.188. The monoisotopic (exact) mass is 239 g/mol. The molecule has 0 aliphatic heterocycles. The van der Waals surface area contributed by atoms with Crippen LogP contribution in [0.3, 0.4) is 0 Å². The second-order valence-electron chi connectivity index (χ2n) is 4.56. The van der Waals surface area contributed by atoms with E-state index >= 15 is 0 Å². The molecule has 2 aromatic rings. The number of benzene rings is 2. The standard InChI is InChI=1S/C16H17NO/c1-12-4-2-3-5-14(12)11-16(18)10-13-6-8-15(17)9-7-13/h2-9H,10-11,17H2,1H3. The fourth-order valence-corrected chi connectivity index (χ4v) is 1.95. The highest BCUT2D eigenvalue weighted by atomic mass is 16.1. The van der Waals surface area contributed by atoms with E-state index in [1.54, 1.807) is 0 Å². The summed E-state index contributed by atoms with van der Waals surface area (Å²) >= 11 is 0. The molecule has 0 fully saturated rings. The minimum Gasteiger partial charge on any atom is -0.399 e. The first-order valence-electron chi connectivity index (χ1n) is 6.06. The Bertz CT molecular complexity index is 543. The van der Waals surface area contributed by atoms with E-state index in [4.69, 9.17) is 5.73 Å². The molecule has 2 aromatic carbocycles. The number of anilines is 1. The summed E-state index contributed by atoms with van der Waals surface area (Å²) in [4.78, 5) is 12.0. The van der Waals surface area contributed by atoms with E-state index < -0.39 is 0 Å². The van der Waals surface area contributed by atoms with Gasteiger partial charge in [-0.15, -0.1) is 0 Å². The van der Waals surface area contributed by atoms with Gasteiger partial charge in [0.1, 0.15) is 5.78 Å². The molecule has 2 N–H and O–H groups in total. The number of carbonyl (C=O) groups excluding carboxylic acids is 1. The number of rotatable bonds is 4. The maximum Gasteiger partial charge on any atom is 0.141 e. The van der Waals surface area contributed by atoms with E-state index in [0.717, 1.165) is 16.8 Å². The highest BCUT2D eigenvalue weighted by Gasteiger charge is 2.06. The number of hydrogen-bond donors (Lipinski definition) is 1. The fourth-order valence-electron chi connectivity index (χ4n) is 1.95. The lowest BCUT2D eigenvalue weighted by Crippen LogP contribution is -2.07. The van der Waals surface area contributed by atoms with Crippen molar-refractivity contribution in [2.45, 2.75) is 19.8 Å². The first-order chi connectivity index (χ1) is 8.65. The third-order valence-corrected chi connectivity index (χ3v) is 3.03. The van der Waals surface area contributed by atoms with Gasteiger partial charge in [-0.25, -0.2) is 0 Å². The average Bonchev–Trinajstić information content (AvgIpc) is 2.35. The average molecular weight is 239 g/mol. The summed E-state index contributed by atoms with van der Waals surface area (Å²) in [6, 6.07) is 15.5. The molecule has 0 aliphatic carbocycles. The number of carbonyl (C=O) groups is 1. The topological polar surface area (TPSA) is 43.1 Å². The largest absolute Gasteiger partial charge is 0.399 e. The predicted octanol–water partition coefficient (Wildman–Crippen LogP) is 2.93. The maximum absolute atomic E-state index is 12.0. The minimum atomic E-state index is 0.231. The Labute approximate surface area is 107 Å². The first kappa shape index (κ1) is 12.4. The van der Waals surface area contributed by atoms with Crippen LogP contribution in [0.5, 0.6) is 0 Å². The van der Waals surface area contributed by atoms with E-state index in [1.807, 2.05) is 55.5 Å². The molecular formula is C16H17NO. The summed E-state index contributed by atoms with van der Waals surface area (Å²) < 4.78 is 0. The molecule has 18 heavy (non-hydrogen) atoms. The van der Waals surface area contributed by atoms with Gasteiger partial charge in [0, 0.05) is 18.5 Å². The molecule has 0 saturated heterocycles. The van der Waals surface area contributed by atoms with Crippen LogP contribution in [-0.2, 0) is 17.6 Å². The maximum atomic E-state index is 12.0. The molecule has 0 bridgehead atoms. The van der Waals surface area contributed by atoms with E-state index in [1.165, 1.54) is 5.56 Å². The van der Waals surface area contributed by atoms with Crippen molar-refractivity contribution in [3.63, 3.8) is 0 Å². The molecule has 0 aliphatic rings. The summed E-state index contributed by atoms with van der Waals surface area (Å²) in [5.41, 5.74) is 9.64. The molecule has 92 valence electrons. The molecule has 0 unspecified atom stereocenters. The Balaban J connectivity index is 2.01. The quantitative estimate of drug-likeness (QED) is 0.834. The summed E-state index contributed by atoms with van der Waals surface area (Å²) in [6.45, 7) is 2.03. The number of Topliss-reactive ketones (excluding diaryl/α,β-unsaturated/α-hetero) is 1. The van der Waals surface area contributed by atoms with E-state index in [-0.39, 0.29) is 5.78 Å². The number of nitrogens with two attached hydrogens (primary N) is 1. The normalized spacial score (nSPS) is 10.3. The Morgan fingerprint density at radius 3 is 2.33 bits per heavy atom. The van der Waals surface area contributed by atoms with Crippen molar-refractivity contribution in [2.75, 3.05) is 5.73 Å². The van der Waals surface area contributed by atoms with Crippen molar-refractivity contribution >= 4 is 11.5 Å². The van der Waals surface area contributed by atoms with Gasteiger partial charge in [-0.2, -0.15) is 0 Å². The van der Waals surface area contributed by atoms with Crippen LogP contribution in [-0.4, -0.2) is 5.78 Å². The molecule has 0 saturated carbocycles. The molecular weight excluding hydrogens is 222 g/mol. The number of nitrogen functional groups attached to an aromatic ring is 1. The van der Waals surface area contributed by atoms with E-state index in [2.05, 4.69) is 0 Å². The van der Waals surface area contributed by atoms with Crippen molar-refractivity contribution in [3.05, 3.63) is 65.2 Å². The van der Waals surface area contributed by atoms with Crippen molar-refractivity contribution in [1.82, 2.24) is 0 Å². The Kier molecular flexibility index (Phi) is 3.78. The zero-order chi connectivity index (χ0) is 13.0. The van der Waals surface area contributed by atoms with Crippen LogP contribution in [0.1, 0.15) is 16.7 Å². The molecule has 0 amide bonds. The van der Waals surface area contributed by atoms with Crippen molar-refractivity contribution in [1.29, 1.82) is 0 Å². The summed E-state index contributed by atoms with van der Waals surface area (Å²) in [6.07, 6.45) is 0.964. The van der Waals surface area contributed by atoms with Crippen LogP contribution in [0.4, 0.5) is 5.69 Å². The lowest BCUT2D eigenvalue weighted by atomic mass is 9.99. The molecule has 2 rings (SSSR count). The van der Waals surface area contributed by atoms with Crippen LogP contribution >= 0.6 is 0 Å². The molecule has 2 nitrogen and oxygen atoms in total. The van der Waals surface area contributed by atoms with E-state index in [9.17, 15) is 4.79 Å². The van der Waals surface area contributed by atoms with Crippen molar-refractivity contribution in [2.24, 2.45) is 0 Å². The third kappa shape index (κ3) is 3.20. The van der Waals surface area contributed by atoms with Crippen LogP contribution in [0.15, 0.2) is 48.5 Å². The van der Waals surface area contributed by atoms with Crippen LogP contribution in [0, 0.1) is 6.92 Å². The van der Waals surface area contributed by atoms with Gasteiger partial charge < -0.3 is 5.73 Å². The Morgan fingerprint density at radius 1 is 1.00 bits per heavy atom. The summed E-state index contributed by atoms with van der Waals surface area (Å²) in [5, 5.41) is 0. The Morgan fingerprint density at radius 2 is 1.67 bits per heavy atom. The molecule has 0 atom stereocenters. The molecule has 0 heterocycles. The second-order valence-corrected chi connectivity index (χ2v) is 4.56. The lowest BCUT2D eigenvalue weighted by molar-refractivity contribution is -0.117. The van der Waals surface area contributed by atoms with Gasteiger partial charge in [0.15, 0.2) is 0 Å². The number of ketones is 1. The van der Waals surface area contributed by atoms with Gasteiger partial charge in [-0.05, 0) is 35.7 Å². The Hall–Kier alpha value is -2.09. The highest BCUT2D eigenvalue weighted by Crippen LogP contribution is 2.11. The molecule has 0 radical (unpaired) electrons. The third-order valence-electron chi connectivity index (χ3n) is 3.03. The number of aryl methyl sites for hydroxylation is 1. The van der Waals surface area contributed by atoms with Crippen molar-refractivity contribution in [3.8, 4) is 0 Å². The zero-order valence-electron chi connectivity index (χ0n) is 10.5. The lowest BCUT2D eigenvalue weighted by Gasteiger charge is -2.05. The van der Waals surface area contributed by atoms with Gasteiger partial charge in [-0.1, -0.05) is 36.4 Å². The predicted molar refractivity (Wildman–Crippen MR) is 74.4 cm³/mol. The SMILES string of the molecule is Cc1ccccc1CC(=O)Cc1ccc(N)cc1. The summed E-state index contributed by atoms with van der Waals surface area (Å²) in [5.74, 6) is 0.231. The molecule has 0 aromatic heterocycles. The van der Waals surface area contributed by atoms with Gasteiger partial charge in [0.05, 0.1) is 0 Å². The zero-order valence-corrected chi connectivity index (χ0v) is 10.5. The molecule has 0 spiro atoms. The van der Waals surface area contributed by atoms with Crippen LogP contribution < -0.4 is 5.73 Å². The van der Waals surface area contributed by atoms with E-state index in [0.29, 0.717) is 12.8 Å². The molecule has 2 heteroatoms. The van der Waals surface area contributed by atoms with Gasteiger partial charge >= 0.3 is 0 Å². The first-order valence-corrected chi connectivity index (χ1v) is 6.06. The second kappa shape index (κ2) is 5.50. The van der Waals surface area contributed by atoms with Gasteiger partial charge in [0.2, 0.25) is 0 Å². The van der Waals surface area contributed by atoms with Crippen LogP contribution in [0.2, 0.25) is 0 Å². The number of hydrogen-bond acceptors (Lipinski definition) is 2.